The first-order valence-corrected chi connectivity index (χ1v) is 7.30. The number of carbonyl (C=O) groups excluding carboxylic acids is 1. The number of nitriles is 1. The van der Waals surface area contributed by atoms with Crippen LogP contribution in [0.2, 0.25) is 0 Å². The van der Waals surface area contributed by atoms with Gasteiger partial charge in [-0.25, -0.2) is 0 Å². The maximum absolute atomic E-state index is 12.1. The van der Waals surface area contributed by atoms with E-state index in [0.29, 0.717) is 18.0 Å². The maximum Gasteiger partial charge on any atom is 0.266 e. The summed E-state index contributed by atoms with van der Waals surface area (Å²) < 4.78 is 5.37. The third-order valence-corrected chi connectivity index (χ3v) is 3.42. The van der Waals surface area contributed by atoms with Crippen LogP contribution in [-0.4, -0.2) is 12.5 Å². The van der Waals surface area contributed by atoms with Gasteiger partial charge in [0.25, 0.3) is 5.91 Å². The standard InChI is InChI=1S/C16H14N2O2S/c1-2-20-14-6-3-5-13(10-14)18-16(19)12(11-17)9-15-7-4-8-21-15/h3-10H,2H2,1H3,(H,18,19)/b12-9+. The third kappa shape index (κ3) is 4.20. The van der Waals surface area contributed by atoms with Crippen molar-refractivity contribution in [1.82, 2.24) is 0 Å². The maximum atomic E-state index is 12.1. The van der Waals surface area contributed by atoms with Gasteiger partial charge in [-0.05, 0) is 36.6 Å². The van der Waals surface area contributed by atoms with E-state index in [1.54, 1.807) is 24.3 Å². The van der Waals surface area contributed by atoms with E-state index in [4.69, 9.17) is 10.00 Å². The molecule has 1 amide bonds. The molecule has 0 aliphatic rings. The average Bonchev–Trinajstić information content (AvgIpc) is 2.98. The quantitative estimate of drug-likeness (QED) is 0.676. The number of nitrogens with one attached hydrogen (secondary N) is 1. The molecule has 4 nitrogen and oxygen atoms in total. The summed E-state index contributed by atoms with van der Waals surface area (Å²) in [4.78, 5) is 13.0. The summed E-state index contributed by atoms with van der Waals surface area (Å²) in [6.45, 7) is 2.45. The van der Waals surface area contributed by atoms with Crippen molar-refractivity contribution in [3.63, 3.8) is 0 Å². The molecule has 21 heavy (non-hydrogen) atoms. The number of benzene rings is 1. The molecule has 0 radical (unpaired) electrons. The molecule has 0 fully saturated rings. The van der Waals surface area contributed by atoms with Crippen LogP contribution >= 0.6 is 11.3 Å². The highest BCUT2D eigenvalue weighted by molar-refractivity contribution is 7.10. The van der Waals surface area contributed by atoms with Gasteiger partial charge < -0.3 is 10.1 Å². The second-order valence-corrected chi connectivity index (χ2v) is 5.08. The summed E-state index contributed by atoms with van der Waals surface area (Å²) in [5.74, 6) is 0.246. The smallest absolute Gasteiger partial charge is 0.266 e. The summed E-state index contributed by atoms with van der Waals surface area (Å²) in [5.41, 5.74) is 0.664. The first-order chi connectivity index (χ1) is 10.2. The minimum atomic E-state index is -0.431. The number of thiophene rings is 1. The Balaban J connectivity index is 2.13. The van der Waals surface area contributed by atoms with Crippen molar-refractivity contribution < 1.29 is 9.53 Å². The summed E-state index contributed by atoms with van der Waals surface area (Å²) in [5, 5.41) is 13.7. The molecule has 1 N–H and O–H groups in total. The number of rotatable bonds is 5. The fourth-order valence-electron chi connectivity index (χ4n) is 1.69. The lowest BCUT2D eigenvalue weighted by molar-refractivity contribution is -0.112. The van der Waals surface area contributed by atoms with Crippen LogP contribution in [0.5, 0.6) is 5.75 Å². The van der Waals surface area contributed by atoms with E-state index >= 15 is 0 Å². The minimum absolute atomic E-state index is 0.0688. The van der Waals surface area contributed by atoms with Gasteiger partial charge in [0.2, 0.25) is 0 Å². The Morgan fingerprint density at radius 3 is 2.95 bits per heavy atom. The molecule has 106 valence electrons. The van der Waals surface area contributed by atoms with Crippen LogP contribution in [0.15, 0.2) is 47.4 Å². The molecule has 1 aromatic carbocycles. The van der Waals surface area contributed by atoms with Crippen LogP contribution in [0.1, 0.15) is 11.8 Å². The van der Waals surface area contributed by atoms with Crippen molar-refractivity contribution in [1.29, 1.82) is 5.26 Å². The van der Waals surface area contributed by atoms with Gasteiger partial charge in [-0.3, -0.25) is 4.79 Å². The highest BCUT2D eigenvalue weighted by atomic mass is 32.1. The molecular formula is C16H14N2O2S. The zero-order valence-corrected chi connectivity index (χ0v) is 12.3. The second-order valence-electron chi connectivity index (χ2n) is 4.10. The van der Waals surface area contributed by atoms with Crippen LogP contribution < -0.4 is 10.1 Å². The molecule has 0 saturated carbocycles. The molecule has 0 aliphatic heterocycles. The Labute approximate surface area is 127 Å². The molecule has 2 aromatic rings. The Kier molecular flexibility index (Phi) is 5.13. The van der Waals surface area contributed by atoms with Crippen molar-refractivity contribution in [2.45, 2.75) is 6.92 Å². The lowest BCUT2D eigenvalue weighted by Crippen LogP contribution is -2.13. The first kappa shape index (κ1) is 14.8. The van der Waals surface area contributed by atoms with E-state index in [2.05, 4.69) is 5.32 Å². The topological polar surface area (TPSA) is 62.1 Å². The van der Waals surface area contributed by atoms with Gasteiger partial charge in [0, 0.05) is 16.6 Å². The van der Waals surface area contributed by atoms with E-state index in [-0.39, 0.29) is 5.57 Å². The minimum Gasteiger partial charge on any atom is -0.494 e. The van der Waals surface area contributed by atoms with E-state index in [1.165, 1.54) is 11.3 Å². The fraction of sp³-hybridized carbons (Fsp3) is 0.125. The van der Waals surface area contributed by atoms with Gasteiger partial charge in [-0.2, -0.15) is 5.26 Å². The lowest BCUT2D eigenvalue weighted by atomic mass is 10.2. The molecule has 2 rings (SSSR count). The van der Waals surface area contributed by atoms with Crippen molar-refractivity contribution in [3.8, 4) is 11.8 Å². The number of nitrogens with zero attached hydrogens (tertiary/aromatic N) is 1. The summed E-state index contributed by atoms with van der Waals surface area (Å²) in [7, 11) is 0. The van der Waals surface area contributed by atoms with Gasteiger partial charge >= 0.3 is 0 Å². The van der Waals surface area contributed by atoms with Gasteiger partial charge in [0.1, 0.15) is 17.4 Å². The van der Waals surface area contributed by atoms with Crippen LogP contribution in [0.4, 0.5) is 5.69 Å². The molecule has 0 unspecified atom stereocenters. The van der Waals surface area contributed by atoms with Gasteiger partial charge in [0.15, 0.2) is 0 Å². The third-order valence-electron chi connectivity index (χ3n) is 2.60. The Bertz CT molecular complexity index is 685. The largest absolute Gasteiger partial charge is 0.494 e. The van der Waals surface area contributed by atoms with Gasteiger partial charge in [-0.15, -0.1) is 11.3 Å². The lowest BCUT2D eigenvalue weighted by Gasteiger charge is -2.07. The molecular weight excluding hydrogens is 284 g/mol. The van der Waals surface area contributed by atoms with E-state index in [0.717, 1.165) is 4.88 Å². The number of carbonyl (C=O) groups is 1. The summed E-state index contributed by atoms with van der Waals surface area (Å²) >= 11 is 1.47. The Hall–Kier alpha value is -2.58. The first-order valence-electron chi connectivity index (χ1n) is 6.42. The van der Waals surface area contributed by atoms with E-state index < -0.39 is 5.91 Å². The molecule has 0 spiro atoms. The zero-order valence-electron chi connectivity index (χ0n) is 11.5. The highest BCUT2D eigenvalue weighted by Gasteiger charge is 2.10. The number of hydrogen-bond donors (Lipinski definition) is 1. The fourth-order valence-corrected chi connectivity index (χ4v) is 2.35. The molecule has 5 heteroatoms. The van der Waals surface area contributed by atoms with Gasteiger partial charge in [0.05, 0.1) is 6.61 Å². The normalized spacial score (nSPS) is 10.8. The summed E-state index contributed by atoms with van der Waals surface area (Å²) in [6.07, 6.45) is 1.58. The number of amides is 1. The second kappa shape index (κ2) is 7.27. The average molecular weight is 298 g/mol. The van der Waals surface area contributed by atoms with Gasteiger partial charge in [-0.1, -0.05) is 12.1 Å². The van der Waals surface area contributed by atoms with Crippen molar-refractivity contribution in [2.24, 2.45) is 0 Å². The molecule has 1 aromatic heterocycles. The predicted molar refractivity (Wildman–Crippen MR) is 84.1 cm³/mol. The highest BCUT2D eigenvalue weighted by Crippen LogP contribution is 2.19. The van der Waals surface area contributed by atoms with E-state index in [1.807, 2.05) is 36.6 Å². The molecule has 0 aliphatic carbocycles. The number of anilines is 1. The molecule has 0 saturated heterocycles. The molecule has 1 heterocycles. The summed E-state index contributed by atoms with van der Waals surface area (Å²) in [6, 6.07) is 12.7. The molecule has 0 atom stereocenters. The Morgan fingerprint density at radius 2 is 2.29 bits per heavy atom. The van der Waals surface area contributed by atoms with Crippen LogP contribution in [0.3, 0.4) is 0 Å². The van der Waals surface area contributed by atoms with Crippen LogP contribution in [0.25, 0.3) is 6.08 Å². The van der Waals surface area contributed by atoms with Crippen molar-refractivity contribution >= 4 is 29.0 Å². The number of hydrogen-bond acceptors (Lipinski definition) is 4. The SMILES string of the molecule is CCOc1cccc(NC(=O)/C(C#N)=C/c2cccs2)c1. The predicted octanol–water partition coefficient (Wildman–Crippen LogP) is 3.69. The zero-order chi connectivity index (χ0) is 15.1. The van der Waals surface area contributed by atoms with Crippen LogP contribution in [0, 0.1) is 11.3 Å². The number of ether oxygens (including phenoxy) is 1. The van der Waals surface area contributed by atoms with Crippen molar-refractivity contribution in [2.75, 3.05) is 11.9 Å². The molecule has 0 bridgehead atoms. The van der Waals surface area contributed by atoms with Crippen molar-refractivity contribution in [3.05, 3.63) is 52.2 Å². The monoisotopic (exact) mass is 298 g/mol. The van der Waals surface area contributed by atoms with E-state index in [9.17, 15) is 4.79 Å². The van der Waals surface area contributed by atoms with Crippen LogP contribution in [-0.2, 0) is 4.79 Å². The Morgan fingerprint density at radius 1 is 1.43 bits per heavy atom.